The molecule has 0 aromatic heterocycles. The molecule has 0 unspecified atom stereocenters. The van der Waals surface area contributed by atoms with Crippen molar-refractivity contribution in [2.45, 2.75) is 45.2 Å². The van der Waals surface area contributed by atoms with Crippen molar-refractivity contribution < 1.29 is 4.79 Å². The second-order valence-electron chi connectivity index (χ2n) is 7.18. The number of carbonyl (C=O) groups excluding carboxylic acids is 1. The first-order valence-electron chi connectivity index (χ1n) is 8.55. The zero-order chi connectivity index (χ0) is 17.7. The molecule has 2 rings (SSSR count). The third kappa shape index (κ3) is 4.72. The molecule has 1 heterocycles. The van der Waals surface area contributed by atoms with E-state index in [1.807, 2.05) is 0 Å². The van der Waals surface area contributed by atoms with E-state index in [9.17, 15) is 4.79 Å². The van der Waals surface area contributed by atoms with Gasteiger partial charge in [0.1, 0.15) is 5.54 Å². The summed E-state index contributed by atoms with van der Waals surface area (Å²) in [5.74, 6) is 0.00601. The molecule has 5 heteroatoms. The quantitative estimate of drug-likeness (QED) is 0.903. The first-order chi connectivity index (χ1) is 11.3. The van der Waals surface area contributed by atoms with Crippen molar-refractivity contribution >= 4 is 11.6 Å². The Balaban J connectivity index is 1.79. The fourth-order valence-electron chi connectivity index (χ4n) is 2.81. The lowest BCUT2D eigenvalue weighted by Crippen LogP contribution is -2.50. The zero-order valence-electron chi connectivity index (χ0n) is 15.2. The van der Waals surface area contributed by atoms with Crippen LogP contribution in [-0.4, -0.2) is 54.0 Å². The molecule has 0 radical (unpaired) electrons. The van der Waals surface area contributed by atoms with Crippen molar-refractivity contribution in [1.82, 2.24) is 9.80 Å². The summed E-state index contributed by atoms with van der Waals surface area (Å²) in [5.41, 5.74) is 1.66. The van der Waals surface area contributed by atoms with Crippen LogP contribution < -0.4 is 5.32 Å². The molecule has 1 fully saturated rings. The lowest BCUT2D eigenvalue weighted by atomic mass is 10.0. The maximum atomic E-state index is 12.3. The number of rotatable bonds is 5. The topological polar surface area (TPSA) is 59.4 Å². The molecule has 0 saturated carbocycles. The van der Waals surface area contributed by atoms with E-state index in [-0.39, 0.29) is 5.91 Å². The molecule has 1 amide bonds. The van der Waals surface area contributed by atoms with Crippen LogP contribution in [0.15, 0.2) is 24.3 Å². The fraction of sp³-hybridized carbons (Fsp3) is 0.579. The van der Waals surface area contributed by atoms with Gasteiger partial charge in [-0.1, -0.05) is 17.7 Å². The molecule has 5 nitrogen and oxygen atoms in total. The molecule has 24 heavy (non-hydrogen) atoms. The van der Waals surface area contributed by atoms with Gasteiger partial charge in [0, 0.05) is 31.9 Å². The van der Waals surface area contributed by atoms with Gasteiger partial charge in [-0.25, -0.2) is 0 Å². The van der Waals surface area contributed by atoms with Gasteiger partial charge >= 0.3 is 0 Å². The van der Waals surface area contributed by atoms with E-state index in [0.717, 1.165) is 31.6 Å². The van der Waals surface area contributed by atoms with Gasteiger partial charge in [-0.05, 0) is 45.7 Å². The highest BCUT2D eigenvalue weighted by molar-refractivity contribution is 5.79. The highest BCUT2D eigenvalue weighted by Crippen LogP contribution is 2.18. The van der Waals surface area contributed by atoms with Crippen LogP contribution in [-0.2, 0) is 4.79 Å². The predicted molar refractivity (Wildman–Crippen MR) is 96.7 cm³/mol. The van der Waals surface area contributed by atoms with Gasteiger partial charge < -0.3 is 10.2 Å². The Bertz CT molecular complexity index is 595. The Morgan fingerprint density at radius 2 is 1.92 bits per heavy atom. The summed E-state index contributed by atoms with van der Waals surface area (Å²) in [4.78, 5) is 16.1. The number of hydrogen-bond donors (Lipinski definition) is 1. The van der Waals surface area contributed by atoms with Crippen molar-refractivity contribution in [1.29, 1.82) is 5.26 Å². The molecule has 1 aliphatic heterocycles. The van der Waals surface area contributed by atoms with Crippen LogP contribution in [0, 0.1) is 18.3 Å². The molecule has 1 N–H and O–H groups in total. The molecular weight excluding hydrogens is 300 g/mol. The standard InChI is InChI=1S/C19H28N4O/c1-15-5-7-16(8-6-15)21-17-9-11-23(12-10-17)13-18(24)22(4)19(2,3)14-20/h5-8,17,21H,9-13H2,1-4H3. The van der Waals surface area contributed by atoms with Crippen LogP contribution in [0.1, 0.15) is 32.3 Å². The van der Waals surface area contributed by atoms with Crippen LogP contribution in [0.2, 0.25) is 0 Å². The van der Waals surface area contributed by atoms with E-state index in [4.69, 9.17) is 5.26 Å². The van der Waals surface area contributed by atoms with Crippen molar-refractivity contribution in [2.75, 3.05) is 32.0 Å². The second-order valence-corrected chi connectivity index (χ2v) is 7.18. The molecule has 130 valence electrons. The maximum absolute atomic E-state index is 12.3. The summed E-state index contributed by atoms with van der Waals surface area (Å²) < 4.78 is 0. The van der Waals surface area contributed by atoms with E-state index in [1.165, 1.54) is 5.56 Å². The van der Waals surface area contributed by atoms with Gasteiger partial charge in [0.05, 0.1) is 12.6 Å². The molecule has 0 bridgehead atoms. The van der Waals surface area contributed by atoms with E-state index < -0.39 is 5.54 Å². The van der Waals surface area contributed by atoms with Crippen molar-refractivity contribution in [2.24, 2.45) is 0 Å². The molecule has 1 saturated heterocycles. The maximum Gasteiger partial charge on any atom is 0.237 e. The van der Waals surface area contributed by atoms with Crippen molar-refractivity contribution in [3.05, 3.63) is 29.8 Å². The number of anilines is 1. The molecule has 1 aromatic rings. The number of amides is 1. The van der Waals surface area contributed by atoms with Gasteiger partial charge in [-0.3, -0.25) is 9.69 Å². The molecule has 0 spiro atoms. The first kappa shape index (κ1) is 18.3. The predicted octanol–water partition coefficient (Wildman–Crippen LogP) is 2.63. The van der Waals surface area contributed by atoms with Gasteiger partial charge in [-0.15, -0.1) is 0 Å². The van der Waals surface area contributed by atoms with Crippen LogP contribution in [0.4, 0.5) is 5.69 Å². The largest absolute Gasteiger partial charge is 0.382 e. The van der Waals surface area contributed by atoms with E-state index in [2.05, 4.69) is 47.5 Å². The van der Waals surface area contributed by atoms with E-state index in [0.29, 0.717) is 12.6 Å². The average molecular weight is 328 g/mol. The Morgan fingerprint density at radius 3 is 2.46 bits per heavy atom. The van der Waals surface area contributed by atoms with Gasteiger partial charge in [0.15, 0.2) is 0 Å². The third-order valence-electron chi connectivity index (χ3n) is 4.86. The van der Waals surface area contributed by atoms with Crippen LogP contribution >= 0.6 is 0 Å². The van der Waals surface area contributed by atoms with E-state index >= 15 is 0 Å². The van der Waals surface area contributed by atoms with Gasteiger partial charge in [-0.2, -0.15) is 5.26 Å². The number of nitriles is 1. The minimum Gasteiger partial charge on any atom is -0.382 e. The van der Waals surface area contributed by atoms with Gasteiger partial charge in [0.25, 0.3) is 0 Å². The molecule has 1 aliphatic rings. The minimum atomic E-state index is -0.762. The SMILES string of the molecule is Cc1ccc(NC2CCN(CC(=O)N(C)C(C)(C)C#N)CC2)cc1. The number of nitrogens with one attached hydrogen (secondary N) is 1. The number of benzene rings is 1. The third-order valence-corrected chi connectivity index (χ3v) is 4.86. The van der Waals surface area contributed by atoms with Crippen molar-refractivity contribution in [3.63, 3.8) is 0 Å². The Hall–Kier alpha value is -2.06. The number of hydrogen-bond acceptors (Lipinski definition) is 4. The monoisotopic (exact) mass is 328 g/mol. The molecular formula is C19H28N4O. The highest BCUT2D eigenvalue weighted by Gasteiger charge is 2.29. The number of nitrogens with zero attached hydrogens (tertiary/aromatic N) is 3. The molecule has 0 aliphatic carbocycles. The summed E-state index contributed by atoms with van der Waals surface area (Å²) in [6.45, 7) is 7.81. The minimum absolute atomic E-state index is 0.00601. The van der Waals surface area contributed by atoms with E-state index in [1.54, 1.807) is 25.8 Å². The molecule has 0 atom stereocenters. The lowest BCUT2D eigenvalue weighted by Gasteiger charge is -2.35. The highest BCUT2D eigenvalue weighted by atomic mass is 16.2. The number of piperidine rings is 1. The van der Waals surface area contributed by atoms with Crippen LogP contribution in [0.5, 0.6) is 0 Å². The summed E-state index contributed by atoms with van der Waals surface area (Å²) in [7, 11) is 1.71. The first-order valence-corrected chi connectivity index (χ1v) is 8.55. The smallest absolute Gasteiger partial charge is 0.237 e. The summed E-state index contributed by atoms with van der Waals surface area (Å²) in [6, 6.07) is 11.1. The molecule has 1 aromatic carbocycles. The lowest BCUT2D eigenvalue weighted by molar-refractivity contribution is -0.134. The van der Waals surface area contributed by atoms with Gasteiger partial charge in [0.2, 0.25) is 5.91 Å². The van der Waals surface area contributed by atoms with Crippen molar-refractivity contribution in [3.8, 4) is 6.07 Å². The number of likely N-dealkylation sites (N-methyl/N-ethyl adjacent to an activating group) is 1. The normalized spacial score (nSPS) is 16.5. The van der Waals surface area contributed by atoms with Crippen LogP contribution in [0.25, 0.3) is 0 Å². The van der Waals surface area contributed by atoms with Crippen LogP contribution in [0.3, 0.4) is 0 Å². The summed E-state index contributed by atoms with van der Waals surface area (Å²) in [5, 5.41) is 12.7. The number of aryl methyl sites for hydroxylation is 1. The number of likely N-dealkylation sites (tertiary alicyclic amines) is 1. The average Bonchev–Trinajstić information content (AvgIpc) is 2.58. The fourth-order valence-corrected chi connectivity index (χ4v) is 2.81. The Morgan fingerprint density at radius 1 is 1.33 bits per heavy atom. The summed E-state index contributed by atoms with van der Waals surface area (Å²) >= 11 is 0. The zero-order valence-corrected chi connectivity index (χ0v) is 15.2. The second kappa shape index (κ2) is 7.67. The summed E-state index contributed by atoms with van der Waals surface area (Å²) in [6.07, 6.45) is 2.04. The Labute approximate surface area is 145 Å². The number of carbonyl (C=O) groups is 1. The Kier molecular flexibility index (Phi) is 5.84.